The van der Waals surface area contributed by atoms with Gasteiger partial charge in [-0.25, -0.2) is 4.79 Å². The van der Waals surface area contributed by atoms with Gasteiger partial charge in [0.1, 0.15) is 16.3 Å². The summed E-state index contributed by atoms with van der Waals surface area (Å²) in [6, 6.07) is 13.4. The first-order valence-electron chi connectivity index (χ1n) is 9.92. The van der Waals surface area contributed by atoms with Crippen LogP contribution in [0.1, 0.15) is 34.0 Å². The molecule has 0 atom stereocenters. The van der Waals surface area contributed by atoms with Crippen molar-refractivity contribution in [3.05, 3.63) is 76.2 Å². The molecule has 0 saturated carbocycles. The maximum Gasteiger partial charge on any atom is 0.341 e. The van der Waals surface area contributed by atoms with Gasteiger partial charge < -0.3 is 14.8 Å². The molecule has 1 amide bonds. The molecule has 6 heteroatoms. The Balaban J connectivity index is 1.88. The summed E-state index contributed by atoms with van der Waals surface area (Å²) in [4.78, 5) is 25.2. The van der Waals surface area contributed by atoms with Crippen molar-refractivity contribution in [2.24, 2.45) is 0 Å². The Labute approximate surface area is 186 Å². The van der Waals surface area contributed by atoms with Crippen molar-refractivity contribution in [3.8, 4) is 16.9 Å². The van der Waals surface area contributed by atoms with Crippen LogP contribution in [-0.4, -0.2) is 25.6 Å². The van der Waals surface area contributed by atoms with Crippen LogP contribution in [0, 0.1) is 13.8 Å². The summed E-state index contributed by atoms with van der Waals surface area (Å²) in [5.74, 6) is -0.0747. The summed E-state index contributed by atoms with van der Waals surface area (Å²) < 4.78 is 10.5. The standard InChI is InChI=1S/C25H25NO4S/c1-5-30-25(28)23-21(19-11-9-16(2)17(3)13-19)15-31-24(23)26-22(27)12-10-18-7-6-8-20(14-18)29-4/h6-15H,5H2,1-4H3,(H,26,27)/b12-10+. The molecule has 1 N–H and O–H groups in total. The van der Waals surface area contributed by atoms with Crippen molar-refractivity contribution < 1.29 is 19.1 Å². The molecule has 0 radical (unpaired) electrons. The lowest BCUT2D eigenvalue weighted by molar-refractivity contribution is -0.111. The molecule has 0 fully saturated rings. The molecule has 31 heavy (non-hydrogen) atoms. The van der Waals surface area contributed by atoms with Crippen molar-refractivity contribution >= 4 is 34.3 Å². The van der Waals surface area contributed by atoms with E-state index in [-0.39, 0.29) is 12.5 Å². The zero-order valence-electron chi connectivity index (χ0n) is 18.0. The van der Waals surface area contributed by atoms with Gasteiger partial charge in [-0.3, -0.25) is 4.79 Å². The molecule has 3 rings (SSSR count). The maximum atomic E-state index is 12.7. The topological polar surface area (TPSA) is 64.6 Å². The molecule has 0 bridgehead atoms. The molecule has 0 aliphatic carbocycles. The van der Waals surface area contributed by atoms with E-state index in [2.05, 4.69) is 5.32 Å². The Hall–Kier alpha value is -3.38. The summed E-state index contributed by atoms with van der Waals surface area (Å²) in [6.07, 6.45) is 3.12. The van der Waals surface area contributed by atoms with Crippen molar-refractivity contribution in [1.82, 2.24) is 0 Å². The summed E-state index contributed by atoms with van der Waals surface area (Å²) in [7, 11) is 1.59. The molecule has 0 saturated heterocycles. The Kier molecular flexibility index (Phi) is 7.26. The van der Waals surface area contributed by atoms with E-state index < -0.39 is 5.97 Å². The number of esters is 1. The number of rotatable bonds is 7. The van der Waals surface area contributed by atoms with E-state index in [9.17, 15) is 9.59 Å². The Morgan fingerprint density at radius 2 is 1.90 bits per heavy atom. The largest absolute Gasteiger partial charge is 0.497 e. The Morgan fingerprint density at radius 1 is 1.10 bits per heavy atom. The number of methoxy groups -OCH3 is 1. The van der Waals surface area contributed by atoms with Crippen molar-refractivity contribution in [1.29, 1.82) is 0 Å². The summed E-state index contributed by atoms with van der Waals surface area (Å²) in [5.41, 5.74) is 5.17. The van der Waals surface area contributed by atoms with E-state index in [4.69, 9.17) is 9.47 Å². The monoisotopic (exact) mass is 435 g/mol. The number of carbonyl (C=O) groups is 2. The van der Waals surface area contributed by atoms with Crippen molar-refractivity contribution in [2.75, 3.05) is 19.0 Å². The van der Waals surface area contributed by atoms with E-state index in [0.29, 0.717) is 16.3 Å². The number of aryl methyl sites for hydroxylation is 2. The highest BCUT2D eigenvalue weighted by Gasteiger charge is 2.22. The van der Waals surface area contributed by atoms with Crippen LogP contribution in [0.5, 0.6) is 5.75 Å². The van der Waals surface area contributed by atoms with Gasteiger partial charge in [0.15, 0.2) is 0 Å². The summed E-state index contributed by atoms with van der Waals surface area (Å²) >= 11 is 1.30. The highest BCUT2D eigenvalue weighted by atomic mass is 32.1. The first-order chi connectivity index (χ1) is 14.9. The minimum absolute atomic E-state index is 0.254. The number of amides is 1. The highest BCUT2D eigenvalue weighted by Crippen LogP contribution is 2.37. The third-order valence-corrected chi connectivity index (χ3v) is 5.74. The fraction of sp³-hybridized carbons (Fsp3) is 0.200. The molecule has 1 heterocycles. The van der Waals surface area contributed by atoms with Crippen LogP contribution in [0.15, 0.2) is 53.9 Å². The zero-order chi connectivity index (χ0) is 22.4. The fourth-order valence-electron chi connectivity index (χ4n) is 3.05. The van der Waals surface area contributed by atoms with E-state index in [1.807, 2.05) is 61.7 Å². The lowest BCUT2D eigenvalue weighted by Gasteiger charge is -2.09. The lowest BCUT2D eigenvalue weighted by Crippen LogP contribution is -2.12. The van der Waals surface area contributed by atoms with Gasteiger partial charge in [-0.15, -0.1) is 11.3 Å². The number of hydrogen-bond donors (Lipinski definition) is 1. The second kappa shape index (κ2) is 10.1. The molecule has 0 spiro atoms. The number of thiophene rings is 1. The summed E-state index contributed by atoms with van der Waals surface area (Å²) in [6.45, 7) is 6.08. The van der Waals surface area contributed by atoms with Gasteiger partial charge in [0.25, 0.3) is 0 Å². The molecule has 160 valence electrons. The summed E-state index contributed by atoms with van der Waals surface area (Å²) in [5, 5.41) is 5.16. The number of hydrogen-bond acceptors (Lipinski definition) is 5. The zero-order valence-corrected chi connectivity index (χ0v) is 18.8. The van der Waals surface area contributed by atoms with Gasteiger partial charge in [0.2, 0.25) is 5.91 Å². The molecule has 0 aliphatic heterocycles. The molecular weight excluding hydrogens is 410 g/mol. The molecule has 3 aromatic rings. The second-order valence-electron chi connectivity index (χ2n) is 6.97. The second-order valence-corrected chi connectivity index (χ2v) is 7.85. The molecule has 0 aliphatic rings. The van der Waals surface area contributed by atoms with Crippen molar-refractivity contribution in [3.63, 3.8) is 0 Å². The van der Waals surface area contributed by atoms with Gasteiger partial charge in [0.05, 0.1) is 13.7 Å². The lowest BCUT2D eigenvalue weighted by atomic mass is 9.99. The van der Waals surface area contributed by atoms with E-state index in [1.165, 1.54) is 23.0 Å². The van der Waals surface area contributed by atoms with Crippen LogP contribution < -0.4 is 10.1 Å². The Bertz CT molecular complexity index is 1130. The highest BCUT2D eigenvalue weighted by molar-refractivity contribution is 7.15. The van der Waals surface area contributed by atoms with E-state index in [0.717, 1.165) is 22.3 Å². The van der Waals surface area contributed by atoms with Crippen LogP contribution in [0.4, 0.5) is 5.00 Å². The van der Waals surface area contributed by atoms with Crippen LogP contribution in [0.25, 0.3) is 17.2 Å². The number of nitrogens with one attached hydrogen (secondary N) is 1. The van der Waals surface area contributed by atoms with Crippen LogP contribution >= 0.6 is 11.3 Å². The third-order valence-electron chi connectivity index (χ3n) is 4.85. The van der Waals surface area contributed by atoms with Gasteiger partial charge in [0, 0.05) is 17.0 Å². The number of anilines is 1. The minimum atomic E-state index is -0.455. The fourth-order valence-corrected chi connectivity index (χ4v) is 4.01. The third kappa shape index (κ3) is 5.41. The van der Waals surface area contributed by atoms with E-state index in [1.54, 1.807) is 20.1 Å². The van der Waals surface area contributed by atoms with Gasteiger partial charge in [-0.1, -0.05) is 30.3 Å². The van der Waals surface area contributed by atoms with E-state index >= 15 is 0 Å². The quantitative estimate of drug-likeness (QED) is 0.372. The van der Waals surface area contributed by atoms with Crippen LogP contribution in [0.2, 0.25) is 0 Å². The number of ether oxygens (including phenoxy) is 2. The molecule has 5 nitrogen and oxygen atoms in total. The van der Waals surface area contributed by atoms with Gasteiger partial charge >= 0.3 is 5.97 Å². The molecule has 2 aromatic carbocycles. The Morgan fingerprint density at radius 3 is 2.61 bits per heavy atom. The smallest absolute Gasteiger partial charge is 0.341 e. The molecule has 0 unspecified atom stereocenters. The molecule has 1 aromatic heterocycles. The first-order valence-corrected chi connectivity index (χ1v) is 10.8. The van der Waals surface area contributed by atoms with Gasteiger partial charge in [-0.05, 0) is 61.2 Å². The van der Waals surface area contributed by atoms with Crippen molar-refractivity contribution in [2.45, 2.75) is 20.8 Å². The average molecular weight is 436 g/mol. The maximum absolute atomic E-state index is 12.7. The first kappa shape index (κ1) is 22.3. The number of carbonyl (C=O) groups excluding carboxylic acids is 2. The van der Waals surface area contributed by atoms with Gasteiger partial charge in [-0.2, -0.15) is 0 Å². The average Bonchev–Trinajstić information content (AvgIpc) is 3.18. The minimum Gasteiger partial charge on any atom is -0.497 e. The molecular formula is C25H25NO4S. The van der Waals surface area contributed by atoms with Crippen LogP contribution in [-0.2, 0) is 9.53 Å². The predicted molar refractivity (Wildman–Crippen MR) is 126 cm³/mol. The SMILES string of the molecule is CCOC(=O)c1c(-c2ccc(C)c(C)c2)csc1NC(=O)/C=C/c1cccc(OC)c1. The van der Waals surface area contributed by atoms with Crippen LogP contribution in [0.3, 0.4) is 0 Å². The number of benzene rings is 2. The predicted octanol–water partition coefficient (Wildman–Crippen LogP) is 5.87. The normalized spacial score (nSPS) is 10.8.